The summed E-state index contributed by atoms with van der Waals surface area (Å²) < 4.78 is 11.7. The van der Waals surface area contributed by atoms with Crippen molar-refractivity contribution in [1.82, 2.24) is 0 Å². The highest BCUT2D eigenvalue weighted by Gasteiger charge is 2.33. The van der Waals surface area contributed by atoms with Gasteiger partial charge in [-0.05, 0) is 18.2 Å². The van der Waals surface area contributed by atoms with Gasteiger partial charge in [0, 0.05) is 24.1 Å². The molecule has 2 aliphatic rings. The van der Waals surface area contributed by atoms with Gasteiger partial charge in [-0.25, -0.2) is 0 Å². The predicted molar refractivity (Wildman–Crippen MR) is 70.7 cm³/mol. The Labute approximate surface area is 110 Å². The Morgan fingerprint density at radius 3 is 2.95 bits per heavy atom. The van der Waals surface area contributed by atoms with Crippen LogP contribution in [0.25, 0.3) is 11.0 Å². The van der Waals surface area contributed by atoms with Crippen molar-refractivity contribution >= 4 is 16.8 Å². The number of hydrogen-bond acceptors (Lipinski definition) is 3. The summed E-state index contributed by atoms with van der Waals surface area (Å²) in [6.07, 6.45) is 3.13. The van der Waals surface area contributed by atoms with Gasteiger partial charge in [0.25, 0.3) is 0 Å². The molecule has 0 bridgehead atoms. The first-order valence-electron chi connectivity index (χ1n) is 6.63. The van der Waals surface area contributed by atoms with Crippen molar-refractivity contribution in [2.45, 2.75) is 18.9 Å². The van der Waals surface area contributed by atoms with Gasteiger partial charge in [-0.2, -0.15) is 0 Å². The highest BCUT2D eigenvalue weighted by Crippen LogP contribution is 2.40. The van der Waals surface area contributed by atoms with Crippen molar-refractivity contribution in [3.05, 3.63) is 47.7 Å². The number of carbonyl (C=O) groups is 1. The summed E-state index contributed by atoms with van der Waals surface area (Å²) in [7, 11) is 0. The lowest BCUT2D eigenvalue weighted by molar-refractivity contribution is -0.115. The van der Waals surface area contributed by atoms with Gasteiger partial charge < -0.3 is 9.15 Å². The van der Waals surface area contributed by atoms with Gasteiger partial charge in [-0.15, -0.1) is 0 Å². The van der Waals surface area contributed by atoms with Crippen LogP contribution in [0.1, 0.15) is 24.7 Å². The Hall–Kier alpha value is -1.87. The zero-order chi connectivity index (χ0) is 12.8. The maximum Gasteiger partial charge on any atom is 0.156 e. The van der Waals surface area contributed by atoms with E-state index in [4.69, 9.17) is 9.15 Å². The molecule has 3 heteroatoms. The molecule has 19 heavy (non-hydrogen) atoms. The second kappa shape index (κ2) is 4.07. The molecule has 0 amide bonds. The summed E-state index contributed by atoms with van der Waals surface area (Å²) in [4.78, 5) is 11.4. The maximum absolute atomic E-state index is 11.4. The van der Waals surface area contributed by atoms with E-state index >= 15 is 0 Å². The van der Waals surface area contributed by atoms with Gasteiger partial charge in [-0.1, -0.05) is 23.8 Å². The van der Waals surface area contributed by atoms with E-state index in [-0.39, 0.29) is 11.9 Å². The van der Waals surface area contributed by atoms with Crippen LogP contribution in [0.4, 0.5) is 0 Å². The first-order valence-corrected chi connectivity index (χ1v) is 6.63. The molecular weight excluding hydrogens is 240 g/mol. The minimum absolute atomic E-state index is 0.0548. The monoisotopic (exact) mass is 254 g/mol. The van der Waals surface area contributed by atoms with Gasteiger partial charge in [0.05, 0.1) is 6.61 Å². The van der Waals surface area contributed by atoms with E-state index in [1.54, 1.807) is 6.08 Å². The van der Waals surface area contributed by atoms with E-state index in [9.17, 15) is 4.79 Å². The number of carbonyl (C=O) groups excluding carboxylic acids is 1. The molecule has 4 rings (SSSR count). The molecule has 0 spiro atoms. The van der Waals surface area contributed by atoms with Crippen LogP contribution in [0.2, 0.25) is 0 Å². The molecule has 1 aromatic carbocycles. The molecule has 1 aliphatic heterocycles. The van der Waals surface area contributed by atoms with Crippen molar-refractivity contribution in [2.75, 3.05) is 6.61 Å². The summed E-state index contributed by atoms with van der Waals surface area (Å²) in [5.74, 6) is 1.39. The number of furan rings is 1. The molecule has 1 aromatic heterocycles. The van der Waals surface area contributed by atoms with E-state index in [1.807, 2.05) is 30.3 Å². The van der Waals surface area contributed by atoms with E-state index in [2.05, 4.69) is 0 Å². The van der Waals surface area contributed by atoms with Crippen molar-refractivity contribution in [3.63, 3.8) is 0 Å². The quantitative estimate of drug-likeness (QED) is 0.782. The van der Waals surface area contributed by atoms with Crippen molar-refractivity contribution in [3.8, 4) is 0 Å². The number of para-hydroxylation sites is 1. The highest BCUT2D eigenvalue weighted by atomic mass is 16.5. The molecule has 1 fully saturated rings. The van der Waals surface area contributed by atoms with Crippen LogP contribution in [0.15, 0.2) is 46.4 Å². The smallest absolute Gasteiger partial charge is 0.156 e. The number of fused-ring (bicyclic) bond motifs is 2. The van der Waals surface area contributed by atoms with Gasteiger partial charge in [-0.3, -0.25) is 4.79 Å². The largest absolute Gasteiger partial charge is 0.458 e. The molecular formula is C16H14O3. The minimum atomic E-state index is -0.0548. The number of rotatable bonds is 1. The van der Waals surface area contributed by atoms with Gasteiger partial charge in [0.2, 0.25) is 0 Å². The number of ether oxygens (including phenoxy) is 1. The van der Waals surface area contributed by atoms with Gasteiger partial charge in [0.1, 0.15) is 17.4 Å². The van der Waals surface area contributed by atoms with Crippen LogP contribution in [0, 0.1) is 5.92 Å². The maximum atomic E-state index is 11.4. The van der Waals surface area contributed by atoms with E-state index in [0.717, 1.165) is 23.2 Å². The average molecular weight is 254 g/mol. The summed E-state index contributed by atoms with van der Waals surface area (Å²) in [5.41, 5.74) is 2.11. The Balaban J connectivity index is 1.66. The van der Waals surface area contributed by atoms with Crippen molar-refractivity contribution in [1.29, 1.82) is 0 Å². The molecule has 2 atom stereocenters. The van der Waals surface area contributed by atoms with Crippen LogP contribution in [0.5, 0.6) is 0 Å². The standard InChI is InChI=1S/C16H14O3/c17-13-5-11-8-15(18-9-12(11)6-13)16-7-10-3-1-2-4-14(10)19-16/h1-5,7,12,15H,6,8-9H2. The van der Waals surface area contributed by atoms with Crippen molar-refractivity contribution in [2.24, 2.45) is 5.92 Å². The predicted octanol–water partition coefficient (Wildman–Crippen LogP) is 3.41. The Morgan fingerprint density at radius 1 is 1.16 bits per heavy atom. The number of benzene rings is 1. The van der Waals surface area contributed by atoms with Crippen LogP contribution in [0.3, 0.4) is 0 Å². The topological polar surface area (TPSA) is 39.4 Å². The first kappa shape index (κ1) is 11.0. The third-order valence-corrected chi connectivity index (χ3v) is 4.00. The zero-order valence-corrected chi connectivity index (χ0v) is 10.5. The molecule has 2 unspecified atom stereocenters. The lowest BCUT2D eigenvalue weighted by atomic mass is 9.93. The highest BCUT2D eigenvalue weighted by molar-refractivity contribution is 5.93. The lowest BCUT2D eigenvalue weighted by Crippen LogP contribution is -2.20. The molecule has 3 nitrogen and oxygen atoms in total. The van der Waals surface area contributed by atoms with Crippen LogP contribution >= 0.6 is 0 Å². The fourth-order valence-electron chi connectivity index (χ4n) is 3.00. The molecule has 2 aromatic rings. The summed E-state index contributed by atoms with van der Waals surface area (Å²) >= 11 is 0. The molecule has 1 aliphatic carbocycles. The summed E-state index contributed by atoms with van der Waals surface area (Å²) in [6.45, 7) is 0.624. The third-order valence-electron chi connectivity index (χ3n) is 4.00. The second-order valence-corrected chi connectivity index (χ2v) is 5.30. The van der Waals surface area contributed by atoms with E-state index in [1.165, 1.54) is 5.57 Å². The van der Waals surface area contributed by atoms with Gasteiger partial charge in [0.15, 0.2) is 5.78 Å². The molecule has 2 heterocycles. The van der Waals surface area contributed by atoms with Crippen LogP contribution in [-0.2, 0) is 9.53 Å². The fraction of sp³-hybridized carbons (Fsp3) is 0.312. The van der Waals surface area contributed by atoms with E-state index in [0.29, 0.717) is 18.9 Å². The minimum Gasteiger partial charge on any atom is -0.458 e. The average Bonchev–Trinajstić information content (AvgIpc) is 2.99. The number of hydrogen-bond donors (Lipinski definition) is 0. The molecule has 1 saturated heterocycles. The van der Waals surface area contributed by atoms with E-state index < -0.39 is 0 Å². The molecule has 0 radical (unpaired) electrons. The van der Waals surface area contributed by atoms with Crippen LogP contribution in [-0.4, -0.2) is 12.4 Å². The van der Waals surface area contributed by atoms with Crippen molar-refractivity contribution < 1.29 is 13.9 Å². The SMILES string of the molecule is O=C1C=C2CC(c3cc4ccccc4o3)OCC2C1. The third kappa shape index (κ3) is 1.81. The Morgan fingerprint density at radius 2 is 2.05 bits per heavy atom. The lowest BCUT2D eigenvalue weighted by Gasteiger charge is -2.27. The Kier molecular flexibility index (Phi) is 2.35. The molecule has 96 valence electrons. The summed E-state index contributed by atoms with van der Waals surface area (Å²) in [5, 5.41) is 1.10. The number of allylic oxidation sites excluding steroid dienone is 1. The molecule has 0 N–H and O–H groups in total. The number of ketones is 1. The first-order chi connectivity index (χ1) is 9.29. The fourth-order valence-corrected chi connectivity index (χ4v) is 3.00. The second-order valence-electron chi connectivity index (χ2n) is 5.30. The Bertz CT molecular complexity index is 647. The molecule has 0 saturated carbocycles. The normalized spacial score (nSPS) is 26.5. The van der Waals surface area contributed by atoms with Crippen LogP contribution < -0.4 is 0 Å². The summed E-state index contributed by atoms with van der Waals surface area (Å²) in [6, 6.07) is 10.00. The van der Waals surface area contributed by atoms with Gasteiger partial charge >= 0.3 is 0 Å². The zero-order valence-electron chi connectivity index (χ0n) is 10.5.